The molecule has 2 heterocycles. The van der Waals surface area contributed by atoms with Crippen LogP contribution in [0.3, 0.4) is 0 Å². The zero-order valence-electron chi connectivity index (χ0n) is 18.2. The van der Waals surface area contributed by atoms with E-state index in [2.05, 4.69) is 15.3 Å². The van der Waals surface area contributed by atoms with E-state index in [4.69, 9.17) is 0 Å². The summed E-state index contributed by atoms with van der Waals surface area (Å²) in [5, 5.41) is 3.01. The van der Waals surface area contributed by atoms with Crippen molar-refractivity contribution in [3.05, 3.63) is 40.6 Å². The molecule has 0 radical (unpaired) electrons. The van der Waals surface area contributed by atoms with Gasteiger partial charge in [-0.2, -0.15) is 0 Å². The van der Waals surface area contributed by atoms with Crippen molar-refractivity contribution in [2.24, 2.45) is 0 Å². The van der Waals surface area contributed by atoms with Crippen LogP contribution in [-0.2, 0) is 24.1 Å². The van der Waals surface area contributed by atoms with Gasteiger partial charge in [0.25, 0.3) is 0 Å². The number of carbonyl (C=O) groups is 1. The SMILES string of the molecule is [CH3][Sn]([CH3])([CH3])[c]1nc(Nc2ccc3c(c2C2CC2)CN(C(=O)C(F)(F)F)C3)ncc1C(F)(F)F. The van der Waals surface area contributed by atoms with Gasteiger partial charge in [-0.05, 0) is 0 Å². The van der Waals surface area contributed by atoms with E-state index in [0.717, 1.165) is 29.5 Å². The van der Waals surface area contributed by atoms with Crippen molar-refractivity contribution in [1.82, 2.24) is 14.9 Å². The van der Waals surface area contributed by atoms with Crippen LogP contribution < -0.4 is 9.03 Å². The summed E-state index contributed by atoms with van der Waals surface area (Å²) in [6.45, 7) is -0.292. The second kappa shape index (κ2) is 8.02. The maximum absolute atomic E-state index is 13.5. The number of hydrogen-bond acceptors (Lipinski definition) is 4. The fourth-order valence-electron chi connectivity index (χ4n) is 4.11. The van der Waals surface area contributed by atoms with Gasteiger partial charge in [0.2, 0.25) is 0 Å². The number of halogens is 6. The van der Waals surface area contributed by atoms with Crippen molar-refractivity contribution in [1.29, 1.82) is 0 Å². The van der Waals surface area contributed by atoms with E-state index in [-0.39, 0.29) is 28.7 Å². The van der Waals surface area contributed by atoms with Crippen molar-refractivity contribution in [2.75, 3.05) is 5.32 Å². The van der Waals surface area contributed by atoms with E-state index in [0.29, 0.717) is 16.8 Å². The fourth-order valence-corrected chi connectivity index (χ4v) is 8.26. The topological polar surface area (TPSA) is 58.1 Å². The van der Waals surface area contributed by atoms with Gasteiger partial charge in [0, 0.05) is 0 Å². The summed E-state index contributed by atoms with van der Waals surface area (Å²) in [5.74, 6) is -1.75. The quantitative estimate of drug-likeness (QED) is 0.407. The predicted molar refractivity (Wildman–Crippen MR) is 112 cm³/mol. The number of alkyl halides is 6. The van der Waals surface area contributed by atoms with Crippen LogP contribution in [-0.4, -0.2) is 45.3 Å². The van der Waals surface area contributed by atoms with Crippen LogP contribution in [0.4, 0.5) is 38.0 Å². The van der Waals surface area contributed by atoms with Gasteiger partial charge in [-0.25, -0.2) is 0 Å². The van der Waals surface area contributed by atoms with Gasteiger partial charge in [0.1, 0.15) is 0 Å². The molecule has 1 aromatic carbocycles. The van der Waals surface area contributed by atoms with E-state index < -0.39 is 42.2 Å². The van der Waals surface area contributed by atoms with E-state index in [9.17, 15) is 31.1 Å². The first-order chi connectivity index (χ1) is 15.2. The molecule has 1 N–H and O–H groups in total. The van der Waals surface area contributed by atoms with Crippen LogP contribution in [0.2, 0.25) is 14.8 Å². The molecule has 5 nitrogen and oxygen atoms in total. The molecule has 1 aliphatic heterocycles. The van der Waals surface area contributed by atoms with Gasteiger partial charge in [-0.1, -0.05) is 0 Å². The molecule has 1 aliphatic carbocycles. The number of nitrogens with one attached hydrogen (secondary N) is 1. The third-order valence-corrected chi connectivity index (χ3v) is 10.9. The minimum atomic E-state index is -4.95. The Kier molecular flexibility index (Phi) is 5.85. The summed E-state index contributed by atoms with van der Waals surface area (Å²) in [5.41, 5.74) is 1.80. The molecule has 4 rings (SSSR count). The van der Waals surface area contributed by atoms with Gasteiger partial charge in [-0.15, -0.1) is 0 Å². The molecular formula is C21H22F6N4OSn. The van der Waals surface area contributed by atoms with Crippen molar-refractivity contribution < 1.29 is 31.1 Å². The molecule has 12 heteroatoms. The fraction of sp³-hybridized carbons (Fsp3) is 0.476. The van der Waals surface area contributed by atoms with Gasteiger partial charge in [0.05, 0.1) is 0 Å². The summed E-state index contributed by atoms with van der Waals surface area (Å²) in [6, 6.07) is 3.32. The van der Waals surface area contributed by atoms with E-state index >= 15 is 0 Å². The molecular weight excluding hydrogens is 557 g/mol. The average Bonchev–Trinajstić information content (AvgIpc) is 3.42. The second-order valence-electron chi connectivity index (χ2n) is 9.43. The Morgan fingerprint density at radius 1 is 1.09 bits per heavy atom. The number of carbonyl (C=O) groups excluding carboxylic acids is 1. The number of rotatable bonds is 4. The van der Waals surface area contributed by atoms with Crippen molar-refractivity contribution in [2.45, 2.75) is 59.0 Å². The second-order valence-corrected chi connectivity index (χ2v) is 23.6. The summed E-state index contributed by atoms with van der Waals surface area (Å²) in [6.07, 6.45) is -7.03. The molecule has 1 amide bonds. The molecule has 0 saturated heterocycles. The Balaban J connectivity index is 1.70. The van der Waals surface area contributed by atoms with Crippen LogP contribution in [0.15, 0.2) is 18.3 Å². The molecule has 178 valence electrons. The van der Waals surface area contributed by atoms with Crippen molar-refractivity contribution >= 4 is 39.6 Å². The zero-order chi connectivity index (χ0) is 24.3. The number of nitrogens with zero attached hydrogens (tertiary/aromatic N) is 3. The maximum atomic E-state index is 13.5. The number of fused-ring (bicyclic) bond motifs is 1. The first-order valence-corrected chi connectivity index (χ1v) is 20.4. The zero-order valence-corrected chi connectivity index (χ0v) is 21.0. The Bertz CT molecular complexity index is 1110. The van der Waals surface area contributed by atoms with E-state index in [1.807, 2.05) is 14.8 Å². The standard InChI is InChI=1S/C18H13F6N4O.3CH3.Sn/c19-17(20,21)11-5-25-16(26-6-11)27-13-4-3-10-7-28(15(29)18(22,23)24)8-12(10)14(13)9-1-2-9;;;;/h3-5,9H,1-2,7-8H2,(H,25,26,27);3*1H3;. The van der Waals surface area contributed by atoms with Gasteiger partial charge < -0.3 is 0 Å². The third kappa shape index (κ3) is 4.92. The molecule has 0 atom stereocenters. The third-order valence-electron chi connectivity index (χ3n) is 5.73. The molecule has 1 aromatic heterocycles. The van der Waals surface area contributed by atoms with Crippen LogP contribution in [0.25, 0.3) is 0 Å². The van der Waals surface area contributed by atoms with Crippen LogP contribution >= 0.6 is 0 Å². The number of anilines is 2. The van der Waals surface area contributed by atoms with Gasteiger partial charge >= 0.3 is 191 Å². The summed E-state index contributed by atoms with van der Waals surface area (Å²) < 4.78 is 79.2. The first-order valence-electron chi connectivity index (χ1n) is 10.4. The number of amides is 1. The Labute approximate surface area is 190 Å². The Morgan fingerprint density at radius 3 is 2.30 bits per heavy atom. The van der Waals surface area contributed by atoms with Gasteiger partial charge in [0.15, 0.2) is 0 Å². The van der Waals surface area contributed by atoms with Crippen LogP contribution in [0.1, 0.15) is 41.0 Å². The molecule has 2 aromatic rings. The normalized spacial score (nSPS) is 16.7. The van der Waals surface area contributed by atoms with Crippen molar-refractivity contribution in [3.63, 3.8) is 0 Å². The van der Waals surface area contributed by atoms with Crippen LogP contribution in [0.5, 0.6) is 0 Å². The minimum absolute atomic E-state index is 0.0210. The molecule has 1 fully saturated rings. The summed E-state index contributed by atoms with van der Waals surface area (Å²) >= 11 is -3.28. The average molecular weight is 579 g/mol. The van der Waals surface area contributed by atoms with E-state index in [1.165, 1.54) is 0 Å². The summed E-state index contributed by atoms with van der Waals surface area (Å²) in [4.78, 5) is 26.1. The summed E-state index contributed by atoms with van der Waals surface area (Å²) in [7, 11) is 0. The van der Waals surface area contributed by atoms with E-state index in [1.54, 1.807) is 12.1 Å². The number of benzene rings is 1. The van der Waals surface area contributed by atoms with Gasteiger partial charge in [-0.3, -0.25) is 0 Å². The first kappa shape index (κ1) is 24.1. The molecule has 0 bridgehead atoms. The Morgan fingerprint density at radius 2 is 1.76 bits per heavy atom. The van der Waals surface area contributed by atoms with Crippen molar-refractivity contribution in [3.8, 4) is 0 Å². The Hall–Kier alpha value is -2.05. The molecule has 33 heavy (non-hydrogen) atoms. The predicted octanol–water partition coefficient (Wildman–Crippen LogP) is 5.07. The number of hydrogen-bond donors (Lipinski definition) is 1. The molecule has 0 unspecified atom stereocenters. The molecule has 0 spiro atoms. The molecule has 1 saturated carbocycles. The molecule has 2 aliphatic rings. The number of aromatic nitrogens is 2. The monoisotopic (exact) mass is 580 g/mol. The van der Waals surface area contributed by atoms with Crippen LogP contribution in [0, 0.1) is 0 Å².